The Kier molecular flexibility index (Phi) is 44.9. The second-order valence-corrected chi connectivity index (χ2v) is 20.7. The summed E-state index contributed by atoms with van der Waals surface area (Å²) in [6, 6.07) is -0.930. The fraction of sp³-hybridized carbons (Fsp3) is 0.652. The van der Waals surface area contributed by atoms with Crippen LogP contribution in [0.4, 0.5) is 0 Å². The van der Waals surface area contributed by atoms with E-state index in [2.05, 4.69) is 141 Å². The average Bonchev–Trinajstić information content (AvgIpc) is 3.49. The van der Waals surface area contributed by atoms with Gasteiger partial charge in [-0.25, -0.2) is 0 Å². The topological polar surface area (TPSA) is 228 Å². The lowest BCUT2D eigenvalue weighted by Crippen LogP contribution is -2.65. The molecule has 12 unspecified atom stereocenters. The highest BCUT2D eigenvalue weighted by molar-refractivity contribution is 5.76. The summed E-state index contributed by atoms with van der Waals surface area (Å²) in [7, 11) is 0. The van der Waals surface area contributed by atoms with E-state index >= 15 is 0 Å². The number of amides is 1. The van der Waals surface area contributed by atoms with Crippen molar-refractivity contribution in [2.75, 3.05) is 19.8 Å². The molecule has 454 valence electrons. The van der Waals surface area contributed by atoms with Crippen molar-refractivity contribution in [3.05, 3.63) is 134 Å². The van der Waals surface area contributed by atoms with Crippen LogP contribution in [-0.2, 0) is 23.7 Å². The number of carbonyl (C=O) groups is 1. The number of carbonyl (C=O) groups excluding carboxylic acids is 1. The first-order valence-corrected chi connectivity index (χ1v) is 30.4. The van der Waals surface area contributed by atoms with Gasteiger partial charge in [0.15, 0.2) is 12.6 Å². The maximum Gasteiger partial charge on any atom is 0.220 e. The van der Waals surface area contributed by atoms with Gasteiger partial charge < -0.3 is 65.1 Å². The van der Waals surface area contributed by atoms with Gasteiger partial charge >= 0.3 is 0 Å². The Morgan fingerprint density at radius 1 is 0.463 bits per heavy atom. The van der Waals surface area contributed by atoms with Gasteiger partial charge in [0.1, 0.15) is 48.8 Å². The zero-order valence-corrected chi connectivity index (χ0v) is 48.8. The Labute approximate surface area is 481 Å². The zero-order valence-electron chi connectivity index (χ0n) is 48.8. The lowest BCUT2D eigenvalue weighted by molar-refractivity contribution is -0.359. The van der Waals surface area contributed by atoms with E-state index in [4.69, 9.17) is 18.9 Å². The molecule has 2 heterocycles. The van der Waals surface area contributed by atoms with E-state index in [1.165, 1.54) is 25.7 Å². The predicted octanol–water partition coefficient (Wildman–Crippen LogP) is 10.8. The molecule has 0 radical (unpaired) electrons. The minimum atomic E-state index is -1.79. The highest BCUT2D eigenvalue weighted by Gasteiger charge is 2.51. The molecule has 2 rings (SSSR count). The summed E-state index contributed by atoms with van der Waals surface area (Å²) in [5, 5.41) is 86.8. The largest absolute Gasteiger partial charge is 0.394 e. The van der Waals surface area contributed by atoms with Crippen molar-refractivity contribution in [1.82, 2.24) is 5.32 Å². The van der Waals surface area contributed by atoms with Crippen molar-refractivity contribution < 1.29 is 64.6 Å². The SMILES string of the molecule is CC/C=C\C/C=C\C/C=C\C/C=C\C/C=C\C/C=C\C/C=C\C/C=C\C/C=C\C/C=C\CCCCCCCCC(=O)NC(COC1OC(CO)C(OC2OC(CO)C(O)C(O)C2O)C(O)C1O)C(O)/C=C/CCCCCCCCC. The first-order valence-electron chi connectivity index (χ1n) is 30.4. The number of rotatable bonds is 46. The molecule has 14 nitrogen and oxygen atoms in total. The smallest absolute Gasteiger partial charge is 0.220 e. The van der Waals surface area contributed by atoms with Crippen LogP contribution in [-0.4, -0.2) is 140 Å². The Balaban J connectivity index is 1.64. The van der Waals surface area contributed by atoms with Crippen LogP contribution in [0.25, 0.3) is 0 Å². The van der Waals surface area contributed by atoms with Gasteiger partial charge in [-0.1, -0.05) is 212 Å². The van der Waals surface area contributed by atoms with Crippen LogP contribution in [0, 0.1) is 0 Å². The average molecular weight is 1120 g/mol. The number of unbranched alkanes of at least 4 members (excludes halogenated alkanes) is 13. The van der Waals surface area contributed by atoms with Gasteiger partial charge in [0.25, 0.3) is 0 Å². The third-order valence-corrected chi connectivity index (χ3v) is 13.8. The van der Waals surface area contributed by atoms with Crippen molar-refractivity contribution in [2.45, 2.75) is 254 Å². The minimum absolute atomic E-state index is 0.255. The van der Waals surface area contributed by atoms with Crippen molar-refractivity contribution >= 4 is 5.91 Å². The van der Waals surface area contributed by atoms with Crippen molar-refractivity contribution in [1.29, 1.82) is 0 Å². The van der Waals surface area contributed by atoms with Crippen LogP contribution in [0.2, 0.25) is 0 Å². The van der Waals surface area contributed by atoms with Gasteiger partial charge in [0.05, 0.1) is 32.0 Å². The molecule has 0 aromatic rings. The molecule has 9 N–H and O–H groups in total. The Morgan fingerprint density at radius 2 is 0.863 bits per heavy atom. The molecule has 2 saturated heterocycles. The van der Waals surface area contributed by atoms with Crippen LogP contribution >= 0.6 is 0 Å². The van der Waals surface area contributed by atoms with Crippen LogP contribution in [0.3, 0.4) is 0 Å². The van der Waals surface area contributed by atoms with Crippen LogP contribution < -0.4 is 5.32 Å². The Morgan fingerprint density at radius 3 is 1.32 bits per heavy atom. The van der Waals surface area contributed by atoms with Crippen LogP contribution in [0.1, 0.15) is 181 Å². The molecule has 0 bridgehead atoms. The summed E-state index contributed by atoms with van der Waals surface area (Å²) in [5.74, 6) is -0.264. The lowest BCUT2D eigenvalue weighted by atomic mass is 9.97. The Bertz CT molecular complexity index is 1850. The van der Waals surface area contributed by atoms with Gasteiger partial charge in [-0.3, -0.25) is 4.79 Å². The molecule has 12 atom stereocenters. The number of aliphatic hydroxyl groups excluding tert-OH is 8. The fourth-order valence-electron chi connectivity index (χ4n) is 8.96. The standard InChI is InChI=1S/C66H107NO13/c1-3-5-7-9-11-13-14-15-16-17-18-19-20-21-22-23-24-25-26-27-28-29-30-31-32-33-34-35-36-37-38-39-40-42-44-46-48-50-58(71)67-54(55(70)49-47-45-43-41-12-10-8-6-4-2)53-77-65-63(76)61(74)64(57(52-69)79-65)80-66-62(75)60(73)59(72)56(51-68)78-66/h5,7,11,13,15-16,18-19,21-22,24-25,27-28,30-31,33-34,36-37,47,49,54-57,59-66,68-70,72-76H,3-4,6,8-10,12,14,17,20,23,26,29,32,35,38-46,48,50-53H2,1-2H3,(H,67,71)/b7-5-,13-11-,16-15-,19-18-,22-21-,25-24-,28-27-,31-30-,34-33-,37-36-,49-47+. The molecule has 1 amide bonds. The first-order chi connectivity index (χ1) is 39.1. The summed E-state index contributed by atoms with van der Waals surface area (Å²) < 4.78 is 22.7. The molecule has 0 aliphatic carbocycles. The quantitative estimate of drug-likeness (QED) is 0.0204. The number of hydrogen-bond acceptors (Lipinski definition) is 13. The maximum absolute atomic E-state index is 13.2. The monoisotopic (exact) mass is 1120 g/mol. The number of hydrogen-bond donors (Lipinski definition) is 9. The third kappa shape index (κ3) is 34.5. The molecular weight excluding hydrogens is 1010 g/mol. The summed E-state index contributed by atoms with van der Waals surface area (Å²) >= 11 is 0. The van der Waals surface area contributed by atoms with Gasteiger partial charge in [0, 0.05) is 6.42 Å². The predicted molar refractivity (Wildman–Crippen MR) is 322 cm³/mol. The van der Waals surface area contributed by atoms with Gasteiger partial charge in [0.2, 0.25) is 5.91 Å². The van der Waals surface area contributed by atoms with E-state index in [9.17, 15) is 45.6 Å². The third-order valence-electron chi connectivity index (χ3n) is 13.8. The zero-order chi connectivity index (χ0) is 58.1. The first kappa shape index (κ1) is 72.2. The van der Waals surface area contributed by atoms with E-state index < -0.39 is 86.8 Å². The molecule has 14 heteroatoms. The van der Waals surface area contributed by atoms with E-state index in [0.717, 1.165) is 128 Å². The summed E-state index contributed by atoms with van der Waals surface area (Å²) in [4.78, 5) is 13.2. The van der Waals surface area contributed by atoms with Crippen molar-refractivity contribution in [3.8, 4) is 0 Å². The Hall–Kier alpha value is -3.87. The fourth-order valence-corrected chi connectivity index (χ4v) is 8.96. The molecule has 2 aliphatic heterocycles. The molecule has 80 heavy (non-hydrogen) atoms. The summed E-state index contributed by atoms with van der Waals surface area (Å²) in [6.45, 7) is 2.60. The molecule has 0 aromatic carbocycles. The molecule has 0 saturated carbocycles. The van der Waals surface area contributed by atoms with Crippen LogP contribution in [0.15, 0.2) is 134 Å². The minimum Gasteiger partial charge on any atom is -0.394 e. The number of nitrogens with one attached hydrogen (secondary N) is 1. The van der Waals surface area contributed by atoms with E-state index in [1.807, 2.05) is 6.08 Å². The second kappa shape index (κ2) is 49.7. The maximum atomic E-state index is 13.2. The van der Waals surface area contributed by atoms with Crippen molar-refractivity contribution in [3.63, 3.8) is 0 Å². The molecule has 0 aromatic heterocycles. The lowest BCUT2D eigenvalue weighted by Gasteiger charge is -2.46. The number of aliphatic hydroxyl groups is 8. The van der Waals surface area contributed by atoms with Gasteiger partial charge in [-0.2, -0.15) is 0 Å². The number of allylic oxidation sites excluding steroid dienone is 21. The molecule has 2 aliphatic rings. The van der Waals surface area contributed by atoms with E-state index in [1.54, 1.807) is 6.08 Å². The van der Waals surface area contributed by atoms with Gasteiger partial charge in [-0.15, -0.1) is 0 Å². The van der Waals surface area contributed by atoms with Crippen LogP contribution in [0.5, 0.6) is 0 Å². The van der Waals surface area contributed by atoms with E-state index in [-0.39, 0.29) is 18.9 Å². The molecular formula is C66H107NO13. The normalized spacial score (nSPS) is 25.2. The molecule has 0 spiro atoms. The number of ether oxygens (including phenoxy) is 4. The second-order valence-electron chi connectivity index (χ2n) is 20.7. The highest BCUT2D eigenvalue weighted by atomic mass is 16.7. The van der Waals surface area contributed by atoms with Crippen molar-refractivity contribution in [2.24, 2.45) is 0 Å². The summed E-state index contributed by atoms with van der Waals surface area (Å²) in [6.07, 6.45) is 56.6. The van der Waals surface area contributed by atoms with Gasteiger partial charge in [-0.05, 0) is 96.3 Å². The highest BCUT2D eigenvalue weighted by Crippen LogP contribution is 2.30. The van der Waals surface area contributed by atoms with E-state index in [0.29, 0.717) is 6.42 Å². The molecule has 2 fully saturated rings. The summed E-state index contributed by atoms with van der Waals surface area (Å²) in [5.41, 5.74) is 0.